The van der Waals surface area contributed by atoms with Crippen LogP contribution in [0.25, 0.3) is 0 Å². The number of aliphatic hydroxyl groups is 2. The second-order valence-corrected chi connectivity index (χ2v) is 3.29. The molecule has 1 aromatic carbocycles. The molecule has 0 heterocycles. The van der Waals surface area contributed by atoms with Crippen LogP contribution in [-0.4, -0.2) is 35.5 Å². The zero-order valence-corrected chi connectivity index (χ0v) is 8.69. The van der Waals surface area contributed by atoms with Crippen LogP contribution in [0.3, 0.4) is 0 Å². The van der Waals surface area contributed by atoms with Gasteiger partial charge in [-0.15, -0.1) is 0 Å². The number of nitrogen functional groups attached to an aromatic ring is 1. The average Bonchev–Trinajstić information content (AvgIpc) is 2.30. The van der Waals surface area contributed by atoms with Crippen molar-refractivity contribution in [3.05, 3.63) is 29.3 Å². The molecule has 1 aromatic rings. The van der Waals surface area contributed by atoms with E-state index in [1.807, 2.05) is 0 Å². The summed E-state index contributed by atoms with van der Waals surface area (Å²) in [5, 5.41) is 17.4. The molecule has 0 aliphatic carbocycles. The van der Waals surface area contributed by atoms with Crippen LogP contribution >= 0.6 is 0 Å². The van der Waals surface area contributed by atoms with Crippen molar-refractivity contribution in [3.8, 4) is 0 Å². The van der Waals surface area contributed by atoms with Gasteiger partial charge >= 0.3 is 5.97 Å². The largest absolute Gasteiger partial charge is 0.459 e. The van der Waals surface area contributed by atoms with Crippen molar-refractivity contribution in [2.75, 3.05) is 18.9 Å². The van der Waals surface area contributed by atoms with Crippen molar-refractivity contribution < 1.29 is 28.5 Å². The molecule has 5 nitrogen and oxygen atoms in total. The van der Waals surface area contributed by atoms with Crippen LogP contribution in [-0.2, 0) is 4.74 Å². The van der Waals surface area contributed by atoms with Gasteiger partial charge in [0.05, 0.1) is 17.9 Å². The Kier molecular flexibility index (Phi) is 4.36. The lowest BCUT2D eigenvalue weighted by Crippen LogP contribution is -2.22. The molecule has 0 amide bonds. The summed E-state index contributed by atoms with van der Waals surface area (Å²) in [5.74, 6) is -3.18. The third kappa shape index (κ3) is 3.36. The van der Waals surface area contributed by atoms with Crippen molar-refractivity contribution in [3.63, 3.8) is 0 Å². The van der Waals surface area contributed by atoms with Crippen LogP contribution in [0.15, 0.2) is 12.1 Å². The standard InChI is InChI=1S/C10H11F2NO4/c11-7-2-8(12)9(13)1-6(7)10(16)17-4-5(15)3-14/h1-2,5,14-15H,3-4,13H2. The minimum Gasteiger partial charge on any atom is -0.459 e. The number of halogens is 2. The fourth-order valence-electron chi connectivity index (χ4n) is 1.02. The Hall–Kier alpha value is -1.73. The summed E-state index contributed by atoms with van der Waals surface area (Å²) >= 11 is 0. The zero-order valence-electron chi connectivity index (χ0n) is 8.69. The summed E-state index contributed by atoms with van der Waals surface area (Å²) in [6, 6.07) is 1.27. The highest BCUT2D eigenvalue weighted by molar-refractivity contribution is 5.90. The molecule has 0 aliphatic rings. The average molecular weight is 247 g/mol. The Labute approximate surface area is 95.4 Å². The second-order valence-electron chi connectivity index (χ2n) is 3.29. The van der Waals surface area contributed by atoms with Gasteiger partial charge in [0.15, 0.2) is 0 Å². The molecule has 0 saturated heterocycles. The van der Waals surface area contributed by atoms with Gasteiger partial charge in [0.1, 0.15) is 24.3 Å². The highest BCUT2D eigenvalue weighted by Gasteiger charge is 2.17. The van der Waals surface area contributed by atoms with Gasteiger partial charge < -0.3 is 20.7 Å². The number of carbonyl (C=O) groups is 1. The first-order valence-electron chi connectivity index (χ1n) is 4.66. The maximum atomic E-state index is 13.2. The Balaban J connectivity index is 2.79. The Morgan fingerprint density at radius 1 is 1.41 bits per heavy atom. The van der Waals surface area contributed by atoms with E-state index in [-0.39, 0.29) is 5.69 Å². The SMILES string of the molecule is Nc1cc(C(=O)OCC(O)CO)c(F)cc1F. The number of esters is 1. The molecule has 1 unspecified atom stereocenters. The van der Waals surface area contributed by atoms with E-state index in [1.54, 1.807) is 0 Å². The number of rotatable bonds is 4. The van der Waals surface area contributed by atoms with Crippen molar-refractivity contribution in [1.29, 1.82) is 0 Å². The molecule has 0 radical (unpaired) electrons. The van der Waals surface area contributed by atoms with Crippen molar-refractivity contribution in [2.45, 2.75) is 6.10 Å². The van der Waals surface area contributed by atoms with Gasteiger partial charge in [-0.05, 0) is 6.07 Å². The smallest absolute Gasteiger partial charge is 0.341 e. The van der Waals surface area contributed by atoms with Crippen LogP contribution in [0.2, 0.25) is 0 Å². The summed E-state index contributed by atoms with van der Waals surface area (Å²) < 4.78 is 30.5. The van der Waals surface area contributed by atoms with Gasteiger partial charge in [0.25, 0.3) is 0 Å². The normalized spacial score (nSPS) is 12.2. The highest BCUT2D eigenvalue weighted by Crippen LogP contribution is 2.17. The van der Waals surface area contributed by atoms with E-state index < -0.39 is 42.5 Å². The summed E-state index contributed by atoms with van der Waals surface area (Å²) in [7, 11) is 0. The number of anilines is 1. The molecule has 0 aromatic heterocycles. The predicted octanol–water partition coefficient (Wildman–Crippen LogP) is 0.0570. The van der Waals surface area contributed by atoms with E-state index in [9.17, 15) is 13.6 Å². The summed E-state index contributed by atoms with van der Waals surface area (Å²) in [6.45, 7) is -1.09. The van der Waals surface area contributed by atoms with Crippen LogP contribution in [0.4, 0.5) is 14.5 Å². The van der Waals surface area contributed by atoms with Crippen molar-refractivity contribution >= 4 is 11.7 Å². The molecular formula is C10H11F2NO4. The molecule has 0 aliphatic heterocycles. The number of hydrogen-bond acceptors (Lipinski definition) is 5. The van der Waals surface area contributed by atoms with Gasteiger partial charge in [0.2, 0.25) is 0 Å². The first-order chi connectivity index (χ1) is 7.95. The van der Waals surface area contributed by atoms with Crippen LogP contribution in [0, 0.1) is 11.6 Å². The van der Waals surface area contributed by atoms with E-state index in [1.165, 1.54) is 0 Å². The molecule has 0 fully saturated rings. The first kappa shape index (κ1) is 13.3. The number of hydrogen-bond donors (Lipinski definition) is 3. The van der Waals surface area contributed by atoms with Crippen LogP contribution in [0.1, 0.15) is 10.4 Å². The molecule has 7 heteroatoms. The van der Waals surface area contributed by atoms with E-state index in [4.69, 9.17) is 15.9 Å². The number of nitrogens with two attached hydrogens (primary N) is 1. The molecule has 94 valence electrons. The lowest BCUT2D eigenvalue weighted by atomic mass is 10.2. The van der Waals surface area contributed by atoms with Gasteiger partial charge in [-0.25, -0.2) is 13.6 Å². The Bertz CT molecular complexity index is 425. The van der Waals surface area contributed by atoms with E-state index >= 15 is 0 Å². The topological polar surface area (TPSA) is 92.8 Å². The lowest BCUT2D eigenvalue weighted by Gasteiger charge is -2.09. The Morgan fingerprint density at radius 3 is 2.65 bits per heavy atom. The summed E-state index contributed by atoms with van der Waals surface area (Å²) in [6.07, 6.45) is -1.25. The first-order valence-corrected chi connectivity index (χ1v) is 4.66. The third-order valence-corrected chi connectivity index (χ3v) is 1.92. The van der Waals surface area contributed by atoms with Crippen LogP contribution in [0.5, 0.6) is 0 Å². The summed E-state index contributed by atoms with van der Waals surface area (Å²) in [5.41, 5.74) is 4.25. The maximum absolute atomic E-state index is 13.2. The Morgan fingerprint density at radius 2 is 2.06 bits per heavy atom. The fourth-order valence-corrected chi connectivity index (χ4v) is 1.02. The number of aliphatic hydroxyl groups excluding tert-OH is 2. The van der Waals surface area contributed by atoms with Crippen LogP contribution < -0.4 is 5.73 Å². The number of benzene rings is 1. The quantitative estimate of drug-likeness (QED) is 0.516. The van der Waals surface area contributed by atoms with E-state index in [2.05, 4.69) is 4.74 Å². The molecule has 1 atom stereocenters. The molecule has 0 saturated carbocycles. The summed E-state index contributed by atoms with van der Waals surface area (Å²) in [4.78, 5) is 11.3. The minimum absolute atomic E-state index is 0.388. The van der Waals surface area contributed by atoms with Gasteiger partial charge in [-0.2, -0.15) is 0 Å². The molecule has 1 rings (SSSR count). The van der Waals surface area contributed by atoms with Gasteiger partial charge in [-0.3, -0.25) is 0 Å². The van der Waals surface area contributed by atoms with Gasteiger partial charge in [-0.1, -0.05) is 0 Å². The zero-order chi connectivity index (χ0) is 13.0. The molecule has 0 bridgehead atoms. The van der Waals surface area contributed by atoms with Gasteiger partial charge in [0, 0.05) is 6.07 Å². The minimum atomic E-state index is -1.25. The highest BCUT2D eigenvalue weighted by atomic mass is 19.1. The fraction of sp³-hybridized carbons (Fsp3) is 0.300. The van der Waals surface area contributed by atoms with Crippen molar-refractivity contribution in [1.82, 2.24) is 0 Å². The second kappa shape index (κ2) is 5.55. The number of ether oxygens (including phenoxy) is 1. The number of carbonyl (C=O) groups excluding carboxylic acids is 1. The molecule has 0 spiro atoms. The maximum Gasteiger partial charge on any atom is 0.341 e. The van der Waals surface area contributed by atoms with E-state index in [0.29, 0.717) is 6.07 Å². The monoisotopic (exact) mass is 247 g/mol. The van der Waals surface area contributed by atoms with E-state index in [0.717, 1.165) is 6.07 Å². The lowest BCUT2D eigenvalue weighted by molar-refractivity contribution is 0.00899. The molecule has 17 heavy (non-hydrogen) atoms. The molecular weight excluding hydrogens is 236 g/mol. The molecule has 4 N–H and O–H groups in total. The third-order valence-electron chi connectivity index (χ3n) is 1.92. The van der Waals surface area contributed by atoms with Crippen molar-refractivity contribution in [2.24, 2.45) is 0 Å². The predicted molar refractivity (Wildman–Crippen MR) is 54.1 cm³/mol.